The molecule has 0 bridgehead atoms. The Kier molecular flexibility index (Phi) is 4.93. The lowest BCUT2D eigenvalue weighted by Gasteiger charge is -2.17. The molecule has 1 aromatic carbocycles. The monoisotopic (exact) mass is 398 g/mol. The van der Waals surface area contributed by atoms with Gasteiger partial charge in [0.1, 0.15) is 0 Å². The maximum atomic E-state index is 12.2. The summed E-state index contributed by atoms with van der Waals surface area (Å²) >= 11 is 6.49. The minimum Gasteiger partial charge on any atom is -0.369 e. The first-order valence-corrected chi connectivity index (χ1v) is 7.89. The summed E-state index contributed by atoms with van der Waals surface area (Å²) in [5, 5.41) is 0. The maximum Gasteiger partial charge on any atom is 0.244 e. The van der Waals surface area contributed by atoms with E-state index >= 15 is 0 Å². The molecule has 0 saturated heterocycles. The second-order valence-electron chi connectivity index (χ2n) is 3.76. The maximum absolute atomic E-state index is 12.2. The van der Waals surface area contributed by atoms with Crippen LogP contribution in [0, 0.1) is 6.92 Å². The zero-order valence-corrected chi connectivity index (χ0v) is 13.8. The van der Waals surface area contributed by atoms with E-state index in [1.807, 2.05) is 6.92 Å². The van der Waals surface area contributed by atoms with Gasteiger partial charge in [-0.05, 0) is 40.5 Å². The first-order valence-electron chi connectivity index (χ1n) is 4.86. The van der Waals surface area contributed by atoms with Crippen LogP contribution in [0.2, 0.25) is 0 Å². The lowest BCUT2D eigenvalue weighted by molar-refractivity contribution is -0.118. The molecule has 0 aromatic heterocycles. The normalized spacial score (nSPS) is 11.8. The summed E-state index contributed by atoms with van der Waals surface area (Å²) < 4.78 is 26.5. The molecule has 0 atom stereocenters. The fourth-order valence-electron chi connectivity index (χ4n) is 1.30. The molecule has 0 radical (unpaired) electrons. The number of aryl methyl sites for hydroxylation is 1. The average Bonchev–Trinajstić information content (AvgIpc) is 2.22. The number of benzene rings is 1. The molecule has 0 aliphatic rings. The van der Waals surface area contributed by atoms with E-state index < -0.39 is 15.9 Å². The van der Waals surface area contributed by atoms with Crippen molar-refractivity contribution in [3.05, 3.63) is 26.6 Å². The van der Waals surface area contributed by atoms with Gasteiger partial charge in [0.15, 0.2) is 0 Å². The minimum absolute atomic E-state index is 0.0868. The van der Waals surface area contributed by atoms with Crippen LogP contribution >= 0.6 is 31.9 Å². The quantitative estimate of drug-likeness (QED) is 0.835. The molecule has 100 valence electrons. The van der Waals surface area contributed by atoms with Gasteiger partial charge in [-0.1, -0.05) is 15.9 Å². The number of nitrogens with zero attached hydrogens (tertiary/aromatic N) is 1. The number of amides is 1. The zero-order valence-electron chi connectivity index (χ0n) is 9.78. The number of hydrogen-bond acceptors (Lipinski definition) is 3. The van der Waals surface area contributed by atoms with Gasteiger partial charge in [0.05, 0.1) is 11.4 Å². The summed E-state index contributed by atoms with van der Waals surface area (Å²) in [4.78, 5) is 10.9. The van der Waals surface area contributed by atoms with Gasteiger partial charge in [0.2, 0.25) is 15.9 Å². The Morgan fingerprint density at radius 1 is 1.33 bits per heavy atom. The van der Waals surface area contributed by atoms with Crippen LogP contribution in [0.4, 0.5) is 0 Å². The van der Waals surface area contributed by atoms with Crippen LogP contribution < -0.4 is 5.73 Å². The summed E-state index contributed by atoms with van der Waals surface area (Å²) in [5.41, 5.74) is 5.90. The Morgan fingerprint density at radius 2 is 1.89 bits per heavy atom. The average molecular weight is 400 g/mol. The fourth-order valence-corrected chi connectivity index (χ4v) is 4.07. The van der Waals surface area contributed by atoms with Crippen LogP contribution in [0.15, 0.2) is 26.0 Å². The van der Waals surface area contributed by atoms with Gasteiger partial charge in [-0.3, -0.25) is 4.79 Å². The predicted molar refractivity (Wildman–Crippen MR) is 75.6 cm³/mol. The van der Waals surface area contributed by atoms with Crippen LogP contribution in [-0.2, 0) is 14.8 Å². The van der Waals surface area contributed by atoms with Crippen LogP contribution in [-0.4, -0.2) is 32.2 Å². The first kappa shape index (κ1) is 15.6. The van der Waals surface area contributed by atoms with Gasteiger partial charge in [-0.15, -0.1) is 0 Å². The third-order valence-corrected chi connectivity index (χ3v) is 5.90. The summed E-state index contributed by atoms with van der Waals surface area (Å²) in [5.74, 6) is -0.705. The summed E-state index contributed by atoms with van der Waals surface area (Å²) in [6, 6.07) is 3.18. The second-order valence-corrected chi connectivity index (χ2v) is 7.48. The number of carbonyl (C=O) groups excluding carboxylic acids is 1. The molecule has 2 N–H and O–H groups in total. The van der Waals surface area contributed by atoms with Crippen molar-refractivity contribution in [3.8, 4) is 0 Å². The number of nitrogens with two attached hydrogens (primary N) is 1. The third kappa shape index (κ3) is 3.31. The Morgan fingerprint density at radius 3 is 2.39 bits per heavy atom. The Labute approximate surface area is 123 Å². The number of likely N-dealkylation sites (N-methyl/N-ethyl adjacent to an activating group) is 1. The highest BCUT2D eigenvalue weighted by atomic mass is 79.9. The van der Waals surface area contributed by atoms with Gasteiger partial charge in [-0.25, -0.2) is 8.42 Å². The van der Waals surface area contributed by atoms with Crippen molar-refractivity contribution < 1.29 is 13.2 Å². The van der Waals surface area contributed by atoms with Crippen LogP contribution in [0.1, 0.15) is 5.56 Å². The van der Waals surface area contributed by atoms with E-state index in [4.69, 9.17) is 5.73 Å². The van der Waals surface area contributed by atoms with E-state index in [1.165, 1.54) is 13.1 Å². The van der Waals surface area contributed by atoms with E-state index in [-0.39, 0.29) is 11.4 Å². The molecular weight excluding hydrogens is 388 g/mol. The molecular formula is C10H12Br2N2O3S. The van der Waals surface area contributed by atoms with E-state index in [1.54, 1.807) is 6.07 Å². The number of halogens is 2. The summed E-state index contributed by atoms with van der Waals surface area (Å²) in [7, 11) is -2.44. The highest BCUT2D eigenvalue weighted by Crippen LogP contribution is 2.30. The molecule has 18 heavy (non-hydrogen) atoms. The molecule has 8 heteroatoms. The van der Waals surface area contributed by atoms with E-state index in [0.717, 1.165) is 9.87 Å². The zero-order chi connectivity index (χ0) is 14.1. The molecule has 0 spiro atoms. The van der Waals surface area contributed by atoms with Gasteiger partial charge in [-0.2, -0.15) is 4.31 Å². The van der Waals surface area contributed by atoms with Crippen molar-refractivity contribution in [2.75, 3.05) is 13.6 Å². The van der Waals surface area contributed by atoms with Gasteiger partial charge >= 0.3 is 0 Å². The molecule has 0 unspecified atom stereocenters. The molecule has 0 heterocycles. The highest BCUT2D eigenvalue weighted by Gasteiger charge is 2.25. The number of rotatable bonds is 4. The van der Waals surface area contributed by atoms with Gasteiger partial charge in [0.25, 0.3) is 0 Å². The van der Waals surface area contributed by atoms with Crippen molar-refractivity contribution in [3.63, 3.8) is 0 Å². The number of primary amides is 1. The topological polar surface area (TPSA) is 80.5 Å². The smallest absolute Gasteiger partial charge is 0.244 e. The largest absolute Gasteiger partial charge is 0.369 e. The van der Waals surface area contributed by atoms with Crippen LogP contribution in [0.5, 0.6) is 0 Å². The Bertz CT molecular complexity index is 587. The van der Waals surface area contributed by atoms with Crippen molar-refractivity contribution >= 4 is 47.8 Å². The molecule has 0 saturated carbocycles. The van der Waals surface area contributed by atoms with Gasteiger partial charge < -0.3 is 5.73 Å². The van der Waals surface area contributed by atoms with E-state index in [0.29, 0.717) is 8.95 Å². The number of sulfonamides is 1. The second kappa shape index (κ2) is 5.68. The molecule has 1 amide bonds. The van der Waals surface area contributed by atoms with E-state index in [9.17, 15) is 13.2 Å². The van der Waals surface area contributed by atoms with Crippen molar-refractivity contribution in [1.82, 2.24) is 4.31 Å². The van der Waals surface area contributed by atoms with Crippen molar-refractivity contribution in [1.29, 1.82) is 0 Å². The van der Waals surface area contributed by atoms with Crippen molar-refractivity contribution in [2.24, 2.45) is 5.73 Å². The molecule has 1 rings (SSSR count). The van der Waals surface area contributed by atoms with Crippen LogP contribution in [0.3, 0.4) is 0 Å². The number of hydrogen-bond donors (Lipinski definition) is 1. The summed E-state index contributed by atoms with van der Waals surface area (Å²) in [6.45, 7) is 1.48. The number of carbonyl (C=O) groups is 1. The minimum atomic E-state index is -3.75. The lowest BCUT2D eigenvalue weighted by atomic mass is 10.2. The van der Waals surface area contributed by atoms with Crippen LogP contribution in [0.25, 0.3) is 0 Å². The third-order valence-electron chi connectivity index (χ3n) is 2.28. The van der Waals surface area contributed by atoms with E-state index in [2.05, 4.69) is 31.9 Å². The molecule has 1 aromatic rings. The fraction of sp³-hybridized carbons (Fsp3) is 0.300. The first-order chi connectivity index (χ1) is 8.16. The Balaban J connectivity index is 3.29. The molecule has 0 aliphatic heterocycles. The van der Waals surface area contributed by atoms with Gasteiger partial charge in [0, 0.05) is 16.0 Å². The molecule has 0 fully saturated rings. The summed E-state index contributed by atoms with van der Waals surface area (Å²) in [6.07, 6.45) is 0. The molecule has 0 aliphatic carbocycles. The molecule has 5 nitrogen and oxygen atoms in total. The standard InChI is InChI=1S/C10H12Br2N2O3S/c1-6-3-8(12)9(4-7(6)11)18(16,17)14(2)5-10(13)15/h3-4H,5H2,1-2H3,(H2,13,15). The Hall–Kier alpha value is -0.440. The highest BCUT2D eigenvalue weighted by molar-refractivity contribution is 9.11. The van der Waals surface area contributed by atoms with Crippen molar-refractivity contribution in [2.45, 2.75) is 11.8 Å². The predicted octanol–water partition coefficient (Wildman–Crippen LogP) is 1.63. The lowest BCUT2D eigenvalue weighted by Crippen LogP contribution is -2.35. The SMILES string of the molecule is Cc1cc(Br)c(S(=O)(=O)N(C)CC(N)=O)cc1Br.